The van der Waals surface area contributed by atoms with Crippen molar-refractivity contribution >= 4 is 12.0 Å². The van der Waals surface area contributed by atoms with E-state index in [0.717, 1.165) is 5.56 Å². The molecule has 0 heterocycles. The maximum absolute atomic E-state index is 10.8. The summed E-state index contributed by atoms with van der Waals surface area (Å²) in [5.74, 6) is 0. The summed E-state index contributed by atoms with van der Waals surface area (Å²) in [5, 5.41) is 10.8. The van der Waals surface area contributed by atoms with E-state index in [2.05, 4.69) is 0 Å². The van der Waals surface area contributed by atoms with Crippen molar-refractivity contribution in [3.05, 3.63) is 38.4 Å². The number of carbonyl (C=O) groups excluding carboxylic acids is 1. The predicted octanol–water partition coefficient (Wildman–Crippen LogP) is 2.33. The van der Waals surface area contributed by atoms with Crippen LogP contribution in [-0.4, -0.2) is 11.2 Å². The normalized spacial score (nSPS) is 9.93. The van der Waals surface area contributed by atoms with Crippen molar-refractivity contribution in [1.82, 2.24) is 0 Å². The van der Waals surface area contributed by atoms with Crippen molar-refractivity contribution in [1.29, 1.82) is 0 Å². The molecule has 0 saturated heterocycles. The first-order valence-corrected chi connectivity index (χ1v) is 4.19. The Labute approximate surface area is 81.7 Å². The number of carbonyl (C=O) groups is 1. The van der Waals surface area contributed by atoms with Gasteiger partial charge in [-0.1, -0.05) is 0 Å². The van der Waals surface area contributed by atoms with Crippen LogP contribution in [0.1, 0.15) is 27.0 Å². The van der Waals surface area contributed by atoms with E-state index in [1.54, 1.807) is 26.8 Å². The molecule has 0 aliphatic carbocycles. The summed E-state index contributed by atoms with van der Waals surface area (Å²) < 4.78 is 0. The number of nitro groups is 1. The number of nitro benzene ring substituents is 1. The van der Waals surface area contributed by atoms with Crippen LogP contribution >= 0.6 is 0 Å². The lowest BCUT2D eigenvalue weighted by Gasteiger charge is -2.06. The van der Waals surface area contributed by atoms with Crippen LogP contribution in [0.15, 0.2) is 6.07 Å². The molecular formula is C10H11NO3. The Balaban J connectivity index is 3.61. The second-order valence-corrected chi connectivity index (χ2v) is 3.26. The van der Waals surface area contributed by atoms with Gasteiger partial charge in [0.05, 0.1) is 4.92 Å². The van der Waals surface area contributed by atoms with E-state index in [4.69, 9.17) is 0 Å². The van der Waals surface area contributed by atoms with Crippen molar-refractivity contribution in [2.45, 2.75) is 20.8 Å². The molecule has 1 aromatic rings. The Morgan fingerprint density at radius 2 is 1.86 bits per heavy atom. The molecular weight excluding hydrogens is 182 g/mol. The Morgan fingerprint density at radius 1 is 1.29 bits per heavy atom. The number of rotatable bonds is 2. The summed E-state index contributed by atoms with van der Waals surface area (Å²) in [6.45, 7) is 5.04. The summed E-state index contributed by atoms with van der Waals surface area (Å²) in [7, 11) is 0. The first-order valence-electron chi connectivity index (χ1n) is 4.19. The molecule has 14 heavy (non-hydrogen) atoms. The van der Waals surface area contributed by atoms with Crippen molar-refractivity contribution in [2.75, 3.05) is 0 Å². The van der Waals surface area contributed by atoms with Crippen molar-refractivity contribution in [3.63, 3.8) is 0 Å². The highest BCUT2D eigenvalue weighted by Gasteiger charge is 2.19. The molecule has 0 spiro atoms. The second-order valence-electron chi connectivity index (χ2n) is 3.26. The first kappa shape index (κ1) is 10.4. The van der Waals surface area contributed by atoms with Crippen LogP contribution < -0.4 is 0 Å². The van der Waals surface area contributed by atoms with Gasteiger partial charge in [0.25, 0.3) is 5.69 Å². The van der Waals surface area contributed by atoms with Gasteiger partial charge in [0.1, 0.15) is 0 Å². The van der Waals surface area contributed by atoms with E-state index >= 15 is 0 Å². The Bertz CT molecular complexity index is 410. The Kier molecular flexibility index (Phi) is 2.65. The maximum Gasteiger partial charge on any atom is 0.276 e. The lowest BCUT2D eigenvalue weighted by molar-refractivity contribution is -0.386. The smallest absolute Gasteiger partial charge is 0.276 e. The van der Waals surface area contributed by atoms with Crippen LogP contribution in [0.3, 0.4) is 0 Å². The number of nitrogens with zero attached hydrogens (tertiary/aromatic N) is 1. The molecule has 0 aromatic heterocycles. The van der Waals surface area contributed by atoms with Crippen LogP contribution in [0.5, 0.6) is 0 Å². The number of hydrogen-bond donors (Lipinski definition) is 0. The summed E-state index contributed by atoms with van der Waals surface area (Å²) >= 11 is 0. The molecule has 0 fully saturated rings. The summed E-state index contributed by atoms with van der Waals surface area (Å²) in [4.78, 5) is 21.0. The third-order valence-electron chi connectivity index (χ3n) is 2.42. The lowest BCUT2D eigenvalue weighted by atomic mass is 9.99. The van der Waals surface area contributed by atoms with Gasteiger partial charge in [-0.15, -0.1) is 0 Å². The zero-order chi connectivity index (χ0) is 10.9. The van der Waals surface area contributed by atoms with Gasteiger partial charge in [-0.05, 0) is 32.4 Å². The molecule has 1 aromatic carbocycles. The minimum Gasteiger partial charge on any atom is -0.298 e. The number of aryl methyl sites for hydroxylation is 1. The van der Waals surface area contributed by atoms with Crippen molar-refractivity contribution in [3.8, 4) is 0 Å². The largest absolute Gasteiger partial charge is 0.298 e. The van der Waals surface area contributed by atoms with Crippen LogP contribution in [0.2, 0.25) is 0 Å². The summed E-state index contributed by atoms with van der Waals surface area (Å²) in [5.41, 5.74) is 2.27. The average molecular weight is 193 g/mol. The standard InChI is InChI=1S/C10H11NO3/c1-6-4-9(5-12)8(3)10(7(6)2)11(13)14/h4-5H,1-3H3. The van der Waals surface area contributed by atoms with Gasteiger partial charge in [-0.3, -0.25) is 14.9 Å². The quantitative estimate of drug-likeness (QED) is 0.411. The van der Waals surface area contributed by atoms with Gasteiger partial charge in [0, 0.05) is 16.7 Å². The van der Waals surface area contributed by atoms with Crippen LogP contribution in [-0.2, 0) is 0 Å². The van der Waals surface area contributed by atoms with Crippen LogP contribution in [0.4, 0.5) is 5.69 Å². The van der Waals surface area contributed by atoms with Crippen molar-refractivity contribution in [2.24, 2.45) is 0 Å². The highest BCUT2D eigenvalue weighted by Crippen LogP contribution is 2.27. The number of aldehydes is 1. The summed E-state index contributed by atoms with van der Waals surface area (Å²) in [6, 6.07) is 1.67. The SMILES string of the molecule is Cc1cc(C=O)c(C)c([N+](=O)[O-])c1C. The fraction of sp³-hybridized carbons (Fsp3) is 0.300. The molecule has 0 atom stereocenters. The molecule has 74 valence electrons. The van der Waals surface area contributed by atoms with Crippen LogP contribution in [0, 0.1) is 30.9 Å². The molecule has 0 unspecified atom stereocenters. The molecule has 0 aliphatic heterocycles. The monoisotopic (exact) mass is 193 g/mol. The average Bonchev–Trinajstić information content (AvgIpc) is 2.11. The minimum absolute atomic E-state index is 0.0482. The van der Waals surface area contributed by atoms with Crippen molar-refractivity contribution < 1.29 is 9.72 Å². The molecule has 0 radical (unpaired) electrons. The topological polar surface area (TPSA) is 60.2 Å². The number of benzene rings is 1. The van der Waals surface area contributed by atoms with Gasteiger partial charge in [0.15, 0.2) is 6.29 Å². The fourth-order valence-electron chi connectivity index (χ4n) is 1.45. The first-order chi connectivity index (χ1) is 6.49. The van der Waals surface area contributed by atoms with E-state index < -0.39 is 4.92 Å². The van der Waals surface area contributed by atoms with Gasteiger partial charge < -0.3 is 0 Å². The molecule has 0 saturated carbocycles. The molecule has 0 bridgehead atoms. The highest BCUT2D eigenvalue weighted by atomic mass is 16.6. The molecule has 4 nitrogen and oxygen atoms in total. The lowest BCUT2D eigenvalue weighted by Crippen LogP contribution is -2.00. The zero-order valence-corrected chi connectivity index (χ0v) is 8.33. The highest BCUT2D eigenvalue weighted by molar-refractivity contribution is 5.80. The summed E-state index contributed by atoms with van der Waals surface area (Å²) in [6.07, 6.45) is 0.648. The Morgan fingerprint density at radius 3 is 2.29 bits per heavy atom. The number of hydrogen-bond acceptors (Lipinski definition) is 3. The third kappa shape index (κ3) is 1.51. The second kappa shape index (κ2) is 3.57. The van der Waals surface area contributed by atoms with Gasteiger partial charge in [-0.25, -0.2) is 0 Å². The fourth-order valence-corrected chi connectivity index (χ4v) is 1.45. The van der Waals surface area contributed by atoms with Gasteiger partial charge in [0.2, 0.25) is 0 Å². The van der Waals surface area contributed by atoms with E-state index in [0.29, 0.717) is 23.0 Å². The van der Waals surface area contributed by atoms with E-state index in [-0.39, 0.29) is 5.69 Å². The van der Waals surface area contributed by atoms with Gasteiger partial charge >= 0.3 is 0 Å². The van der Waals surface area contributed by atoms with Gasteiger partial charge in [-0.2, -0.15) is 0 Å². The molecule has 4 heteroatoms. The van der Waals surface area contributed by atoms with Crippen LogP contribution in [0.25, 0.3) is 0 Å². The van der Waals surface area contributed by atoms with E-state index in [1.807, 2.05) is 0 Å². The van der Waals surface area contributed by atoms with E-state index in [9.17, 15) is 14.9 Å². The molecule has 1 rings (SSSR count). The van der Waals surface area contributed by atoms with E-state index in [1.165, 1.54) is 0 Å². The predicted molar refractivity (Wildman–Crippen MR) is 52.7 cm³/mol. The Hall–Kier alpha value is -1.71. The molecule has 0 N–H and O–H groups in total. The minimum atomic E-state index is -0.440. The molecule has 0 aliphatic rings. The molecule has 0 amide bonds. The third-order valence-corrected chi connectivity index (χ3v) is 2.42. The maximum atomic E-state index is 10.8. The zero-order valence-electron chi connectivity index (χ0n) is 8.33.